The number of benzene rings is 1. The van der Waals surface area contributed by atoms with Crippen LogP contribution in [-0.2, 0) is 4.74 Å². The molecule has 100 valence electrons. The Bertz CT molecular complexity index is 381. The molecule has 3 heteroatoms. The highest BCUT2D eigenvalue weighted by Gasteiger charge is 2.20. The predicted molar refractivity (Wildman–Crippen MR) is 73.2 cm³/mol. The number of aliphatic hydroxyl groups excluding tert-OH is 1. The number of hydrogen-bond acceptors (Lipinski definition) is 3. The minimum atomic E-state index is -0.578. The lowest BCUT2D eigenvalue weighted by molar-refractivity contribution is -0.0321. The summed E-state index contributed by atoms with van der Waals surface area (Å²) in [5, 5.41) is 10.1. The molecule has 1 saturated carbocycles. The Kier molecular flexibility index (Phi) is 4.61. The molecule has 0 aliphatic heterocycles. The van der Waals surface area contributed by atoms with Crippen molar-refractivity contribution in [3.8, 4) is 0 Å². The summed E-state index contributed by atoms with van der Waals surface area (Å²) in [4.78, 5) is 0. The Morgan fingerprint density at radius 1 is 1.44 bits per heavy atom. The van der Waals surface area contributed by atoms with E-state index in [1.165, 1.54) is 12.8 Å². The fourth-order valence-corrected chi connectivity index (χ4v) is 2.62. The van der Waals surface area contributed by atoms with Crippen LogP contribution in [0.25, 0.3) is 0 Å². The van der Waals surface area contributed by atoms with E-state index in [4.69, 9.17) is 10.5 Å². The molecule has 0 saturated heterocycles. The average molecular weight is 249 g/mol. The van der Waals surface area contributed by atoms with E-state index in [-0.39, 0.29) is 0 Å². The van der Waals surface area contributed by atoms with Gasteiger partial charge in [0.25, 0.3) is 0 Å². The molecule has 0 bridgehead atoms. The van der Waals surface area contributed by atoms with Crippen LogP contribution in [0.3, 0.4) is 0 Å². The van der Waals surface area contributed by atoms with E-state index < -0.39 is 6.10 Å². The van der Waals surface area contributed by atoms with Gasteiger partial charge in [0.05, 0.1) is 12.7 Å². The van der Waals surface area contributed by atoms with Gasteiger partial charge in [-0.05, 0) is 36.5 Å². The lowest BCUT2D eigenvalue weighted by atomic mass is 9.89. The normalized spacial score (nSPS) is 25.9. The molecular formula is C15H23NO2. The molecule has 0 aromatic heterocycles. The molecule has 1 aliphatic carbocycles. The second-order valence-corrected chi connectivity index (χ2v) is 5.41. The van der Waals surface area contributed by atoms with Crippen LogP contribution in [-0.4, -0.2) is 17.8 Å². The first kappa shape index (κ1) is 13.4. The van der Waals surface area contributed by atoms with Crippen molar-refractivity contribution in [1.82, 2.24) is 0 Å². The van der Waals surface area contributed by atoms with E-state index in [2.05, 4.69) is 6.92 Å². The summed E-state index contributed by atoms with van der Waals surface area (Å²) in [5.41, 5.74) is 7.21. The van der Waals surface area contributed by atoms with Gasteiger partial charge in [0.15, 0.2) is 0 Å². The first-order chi connectivity index (χ1) is 8.65. The van der Waals surface area contributed by atoms with Gasteiger partial charge in [-0.1, -0.05) is 31.9 Å². The Morgan fingerprint density at radius 2 is 2.28 bits per heavy atom. The molecule has 0 spiro atoms. The lowest BCUT2D eigenvalue weighted by Crippen LogP contribution is -2.23. The number of aliphatic hydroxyl groups is 1. The van der Waals surface area contributed by atoms with Crippen molar-refractivity contribution >= 4 is 5.69 Å². The number of hydrogen-bond donors (Lipinski definition) is 2. The van der Waals surface area contributed by atoms with Crippen LogP contribution in [0.5, 0.6) is 0 Å². The SMILES string of the molecule is CC1CCCC(OCC(O)c2cccc(N)c2)C1. The van der Waals surface area contributed by atoms with Gasteiger partial charge in [-0.15, -0.1) is 0 Å². The third kappa shape index (κ3) is 3.72. The summed E-state index contributed by atoms with van der Waals surface area (Å²) >= 11 is 0. The van der Waals surface area contributed by atoms with E-state index in [0.29, 0.717) is 18.4 Å². The Labute approximate surface area is 109 Å². The Morgan fingerprint density at radius 3 is 3.00 bits per heavy atom. The van der Waals surface area contributed by atoms with Crippen molar-refractivity contribution in [3.63, 3.8) is 0 Å². The summed E-state index contributed by atoms with van der Waals surface area (Å²) in [6.45, 7) is 2.63. The standard InChI is InChI=1S/C15H23NO2/c1-11-4-2-7-14(8-11)18-10-15(17)12-5-3-6-13(16)9-12/h3,5-6,9,11,14-15,17H,2,4,7-8,10,16H2,1H3. The fourth-order valence-electron chi connectivity index (χ4n) is 2.62. The molecule has 1 aromatic rings. The molecule has 3 atom stereocenters. The van der Waals surface area contributed by atoms with Crippen molar-refractivity contribution in [2.75, 3.05) is 12.3 Å². The van der Waals surface area contributed by atoms with Gasteiger partial charge in [-0.3, -0.25) is 0 Å². The van der Waals surface area contributed by atoms with Crippen LogP contribution >= 0.6 is 0 Å². The van der Waals surface area contributed by atoms with Crippen molar-refractivity contribution in [2.45, 2.75) is 44.8 Å². The maximum Gasteiger partial charge on any atom is 0.102 e. The zero-order valence-electron chi connectivity index (χ0n) is 11.0. The van der Waals surface area contributed by atoms with Crippen LogP contribution in [0, 0.1) is 5.92 Å². The maximum atomic E-state index is 10.1. The molecule has 3 N–H and O–H groups in total. The minimum Gasteiger partial charge on any atom is -0.399 e. The average Bonchev–Trinajstić information content (AvgIpc) is 2.36. The lowest BCUT2D eigenvalue weighted by Gasteiger charge is -2.27. The monoisotopic (exact) mass is 249 g/mol. The van der Waals surface area contributed by atoms with E-state index in [9.17, 15) is 5.11 Å². The van der Waals surface area contributed by atoms with Gasteiger partial charge in [0.2, 0.25) is 0 Å². The van der Waals surface area contributed by atoms with Crippen LogP contribution < -0.4 is 5.73 Å². The van der Waals surface area contributed by atoms with E-state index >= 15 is 0 Å². The molecule has 18 heavy (non-hydrogen) atoms. The summed E-state index contributed by atoms with van der Waals surface area (Å²) in [6, 6.07) is 7.36. The van der Waals surface area contributed by atoms with Crippen LogP contribution in [0.4, 0.5) is 5.69 Å². The molecule has 0 amide bonds. The second-order valence-electron chi connectivity index (χ2n) is 5.41. The van der Waals surface area contributed by atoms with Crippen molar-refractivity contribution in [1.29, 1.82) is 0 Å². The molecule has 0 radical (unpaired) electrons. The highest BCUT2D eigenvalue weighted by Crippen LogP contribution is 2.26. The highest BCUT2D eigenvalue weighted by molar-refractivity contribution is 5.41. The quantitative estimate of drug-likeness (QED) is 0.807. The van der Waals surface area contributed by atoms with E-state index in [0.717, 1.165) is 24.3 Å². The summed E-state index contributed by atoms with van der Waals surface area (Å²) in [7, 11) is 0. The fraction of sp³-hybridized carbons (Fsp3) is 0.600. The maximum absolute atomic E-state index is 10.1. The topological polar surface area (TPSA) is 55.5 Å². The first-order valence-corrected chi connectivity index (χ1v) is 6.80. The smallest absolute Gasteiger partial charge is 0.102 e. The summed E-state index contributed by atoms with van der Waals surface area (Å²) in [6.07, 6.45) is 4.50. The number of ether oxygens (including phenoxy) is 1. The molecule has 1 fully saturated rings. The van der Waals surface area contributed by atoms with Crippen LogP contribution in [0.2, 0.25) is 0 Å². The van der Waals surface area contributed by atoms with Gasteiger partial charge in [-0.2, -0.15) is 0 Å². The minimum absolute atomic E-state index is 0.310. The van der Waals surface area contributed by atoms with Gasteiger partial charge in [-0.25, -0.2) is 0 Å². The van der Waals surface area contributed by atoms with Gasteiger partial charge in [0.1, 0.15) is 6.10 Å². The van der Waals surface area contributed by atoms with E-state index in [1.54, 1.807) is 6.07 Å². The van der Waals surface area contributed by atoms with Crippen molar-refractivity contribution < 1.29 is 9.84 Å². The number of rotatable bonds is 4. The molecule has 3 unspecified atom stereocenters. The van der Waals surface area contributed by atoms with Gasteiger partial charge in [0, 0.05) is 5.69 Å². The zero-order chi connectivity index (χ0) is 13.0. The Hall–Kier alpha value is -1.06. The summed E-state index contributed by atoms with van der Waals surface area (Å²) < 4.78 is 5.82. The number of nitrogen functional groups attached to an aromatic ring is 1. The predicted octanol–water partition coefficient (Wildman–Crippen LogP) is 2.90. The third-order valence-electron chi connectivity index (χ3n) is 3.67. The molecular weight excluding hydrogens is 226 g/mol. The number of anilines is 1. The highest BCUT2D eigenvalue weighted by atomic mass is 16.5. The van der Waals surface area contributed by atoms with Crippen molar-refractivity contribution in [2.24, 2.45) is 5.92 Å². The second kappa shape index (κ2) is 6.21. The zero-order valence-corrected chi connectivity index (χ0v) is 11.0. The molecule has 0 heterocycles. The third-order valence-corrected chi connectivity index (χ3v) is 3.67. The van der Waals surface area contributed by atoms with Crippen molar-refractivity contribution in [3.05, 3.63) is 29.8 Å². The molecule has 1 aromatic carbocycles. The molecule has 3 nitrogen and oxygen atoms in total. The molecule has 1 aliphatic rings. The Balaban J connectivity index is 1.82. The first-order valence-electron chi connectivity index (χ1n) is 6.80. The van der Waals surface area contributed by atoms with E-state index in [1.807, 2.05) is 18.2 Å². The number of nitrogens with two attached hydrogens (primary N) is 1. The van der Waals surface area contributed by atoms with Crippen LogP contribution in [0.15, 0.2) is 24.3 Å². The van der Waals surface area contributed by atoms with Gasteiger partial charge < -0.3 is 15.6 Å². The largest absolute Gasteiger partial charge is 0.399 e. The molecule has 2 rings (SSSR count). The summed E-state index contributed by atoms with van der Waals surface area (Å²) in [5.74, 6) is 0.744. The van der Waals surface area contributed by atoms with Gasteiger partial charge >= 0.3 is 0 Å². The van der Waals surface area contributed by atoms with Crippen LogP contribution in [0.1, 0.15) is 44.3 Å².